The van der Waals surface area contributed by atoms with Gasteiger partial charge in [-0.15, -0.1) is 0 Å². The van der Waals surface area contributed by atoms with Crippen molar-refractivity contribution in [2.24, 2.45) is 0 Å². The first-order valence-electron chi connectivity index (χ1n) is 2.33. The van der Waals surface area contributed by atoms with Crippen LogP contribution in [0.1, 0.15) is 10.4 Å². The monoisotopic (exact) mass is 205 g/mol. The predicted molar refractivity (Wildman–Crippen MR) is 40.2 cm³/mol. The second-order valence-corrected chi connectivity index (χ2v) is 2.69. The summed E-state index contributed by atoms with van der Waals surface area (Å²) in [5.41, 5.74) is 0.692. The van der Waals surface area contributed by atoms with Crippen LogP contribution in [0.25, 0.3) is 0 Å². The molecule has 0 N–H and O–H groups in total. The summed E-state index contributed by atoms with van der Waals surface area (Å²) < 4.78 is 3.79. The minimum atomic E-state index is 0.0868. The number of ketones is 1. The molecule has 0 aliphatic heterocycles. The summed E-state index contributed by atoms with van der Waals surface area (Å²) in [6.45, 7) is 0. The van der Waals surface area contributed by atoms with E-state index >= 15 is 0 Å². The van der Waals surface area contributed by atoms with Crippen molar-refractivity contribution < 1.29 is 4.79 Å². The number of rotatable bonds is 2. The van der Waals surface area contributed by atoms with Crippen LogP contribution < -0.4 is 0 Å². The molecule has 2 nitrogen and oxygen atoms in total. The van der Waals surface area contributed by atoms with Crippen LogP contribution >= 0.6 is 27.5 Å². The van der Waals surface area contributed by atoms with E-state index in [2.05, 4.69) is 20.3 Å². The maximum absolute atomic E-state index is 10.8. The first-order valence-corrected chi connectivity index (χ1v) is 4.29. The molecule has 0 saturated heterocycles. The third-order valence-electron chi connectivity index (χ3n) is 0.876. The van der Waals surface area contributed by atoms with Gasteiger partial charge in [-0.05, 0) is 11.5 Å². The number of carbonyl (C=O) groups is 1. The van der Waals surface area contributed by atoms with E-state index < -0.39 is 0 Å². The van der Waals surface area contributed by atoms with Crippen molar-refractivity contribution in [3.05, 3.63) is 17.1 Å². The Morgan fingerprint density at radius 2 is 2.67 bits per heavy atom. The average molecular weight is 206 g/mol. The summed E-state index contributed by atoms with van der Waals surface area (Å²) in [6.07, 6.45) is 1.58. The van der Waals surface area contributed by atoms with Crippen molar-refractivity contribution in [3.8, 4) is 0 Å². The fourth-order valence-electron chi connectivity index (χ4n) is 0.420. The Kier molecular flexibility index (Phi) is 2.36. The Morgan fingerprint density at radius 3 is 3.11 bits per heavy atom. The zero-order valence-corrected chi connectivity index (χ0v) is 6.91. The zero-order valence-electron chi connectivity index (χ0n) is 4.50. The molecule has 48 valence electrons. The zero-order chi connectivity index (χ0) is 6.69. The van der Waals surface area contributed by atoms with E-state index in [-0.39, 0.29) is 5.78 Å². The quantitative estimate of drug-likeness (QED) is 0.544. The molecule has 0 amide bonds. The summed E-state index contributed by atoms with van der Waals surface area (Å²) in [4.78, 5) is 10.8. The summed E-state index contributed by atoms with van der Waals surface area (Å²) in [5.74, 6) is 0.0868. The van der Waals surface area contributed by atoms with E-state index in [0.29, 0.717) is 10.9 Å². The molecule has 9 heavy (non-hydrogen) atoms. The van der Waals surface area contributed by atoms with Crippen LogP contribution in [-0.4, -0.2) is 15.5 Å². The number of aromatic nitrogens is 1. The molecule has 1 heterocycles. The number of hydrogen-bond donors (Lipinski definition) is 0. The van der Waals surface area contributed by atoms with Gasteiger partial charge in [0.15, 0.2) is 5.78 Å². The van der Waals surface area contributed by atoms with Gasteiger partial charge in [0.05, 0.1) is 11.5 Å². The van der Waals surface area contributed by atoms with Crippen LogP contribution in [0.5, 0.6) is 0 Å². The minimum absolute atomic E-state index is 0.0868. The Labute approximate surface area is 65.2 Å². The van der Waals surface area contributed by atoms with Crippen LogP contribution in [0.2, 0.25) is 0 Å². The molecular formula is C5H4BrNOS. The highest BCUT2D eigenvalue weighted by Crippen LogP contribution is 2.03. The number of Topliss-reactive ketones (excluding diaryl/α,β-unsaturated/α-hetero) is 1. The normalized spacial score (nSPS) is 9.44. The highest BCUT2D eigenvalue weighted by molar-refractivity contribution is 9.09. The van der Waals surface area contributed by atoms with Crippen molar-refractivity contribution in [1.82, 2.24) is 4.37 Å². The second kappa shape index (κ2) is 3.08. The molecule has 0 aliphatic carbocycles. The smallest absolute Gasteiger partial charge is 0.175 e. The fourth-order valence-corrected chi connectivity index (χ4v) is 1.28. The summed E-state index contributed by atoms with van der Waals surface area (Å²) in [5, 5.41) is 2.12. The van der Waals surface area contributed by atoms with Crippen LogP contribution in [0.4, 0.5) is 0 Å². The Hall–Kier alpha value is -0.220. The molecule has 0 fully saturated rings. The third kappa shape index (κ3) is 1.59. The molecule has 0 unspecified atom stereocenters. The maximum atomic E-state index is 10.8. The standard InChI is InChI=1S/C5H4BrNOS/c6-1-5(8)4-2-7-9-3-4/h2-3H,1H2. The van der Waals surface area contributed by atoms with Gasteiger partial charge >= 0.3 is 0 Å². The molecular weight excluding hydrogens is 202 g/mol. The number of carbonyl (C=O) groups excluding carboxylic acids is 1. The van der Waals surface area contributed by atoms with Crippen LogP contribution in [0.3, 0.4) is 0 Å². The average Bonchev–Trinajstić information content (AvgIpc) is 2.37. The molecule has 0 saturated carbocycles. The van der Waals surface area contributed by atoms with Gasteiger partial charge < -0.3 is 0 Å². The van der Waals surface area contributed by atoms with Gasteiger partial charge in [0.2, 0.25) is 0 Å². The third-order valence-corrected chi connectivity index (χ3v) is 1.97. The van der Waals surface area contributed by atoms with E-state index in [9.17, 15) is 4.79 Å². The van der Waals surface area contributed by atoms with Crippen molar-refractivity contribution in [1.29, 1.82) is 0 Å². The fraction of sp³-hybridized carbons (Fsp3) is 0.200. The lowest BCUT2D eigenvalue weighted by molar-refractivity contribution is 0.102. The van der Waals surface area contributed by atoms with Crippen molar-refractivity contribution in [3.63, 3.8) is 0 Å². The minimum Gasteiger partial charge on any atom is -0.293 e. The van der Waals surface area contributed by atoms with Gasteiger partial charge in [0.25, 0.3) is 0 Å². The lowest BCUT2D eigenvalue weighted by atomic mass is 10.3. The Balaban J connectivity index is 2.77. The highest BCUT2D eigenvalue weighted by atomic mass is 79.9. The highest BCUT2D eigenvalue weighted by Gasteiger charge is 2.02. The van der Waals surface area contributed by atoms with Crippen LogP contribution in [-0.2, 0) is 0 Å². The summed E-state index contributed by atoms with van der Waals surface area (Å²) >= 11 is 4.36. The lowest BCUT2D eigenvalue weighted by Crippen LogP contribution is -1.96. The Bertz CT molecular complexity index is 197. The number of alkyl halides is 1. The molecule has 0 spiro atoms. The molecule has 1 rings (SSSR count). The Morgan fingerprint density at radius 1 is 1.89 bits per heavy atom. The van der Waals surface area contributed by atoms with Gasteiger partial charge in [0, 0.05) is 10.9 Å². The molecule has 0 atom stereocenters. The van der Waals surface area contributed by atoms with E-state index in [0.717, 1.165) is 0 Å². The molecule has 0 bridgehead atoms. The second-order valence-electron chi connectivity index (χ2n) is 1.47. The van der Waals surface area contributed by atoms with Gasteiger partial charge in [-0.2, -0.15) is 0 Å². The van der Waals surface area contributed by atoms with Crippen LogP contribution in [0.15, 0.2) is 11.6 Å². The molecule has 4 heteroatoms. The molecule has 1 aromatic heterocycles. The molecule has 0 radical (unpaired) electrons. The predicted octanol–water partition coefficient (Wildman–Crippen LogP) is 1.72. The van der Waals surface area contributed by atoms with Crippen molar-refractivity contribution in [2.45, 2.75) is 0 Å². The van der Waals surface area contributed by atoms with Crippen molar-refractivity contribution in [2.75, 3.05) is 5.33 Å². The first-order chi connectivity index (χ1) is 4.34. The molecule has 0 aromatic carbocycles. The number of nitrogens with zero attached hydrogens (tertiary/aromatic N) is 1. The van der Waals surface area contributed by atoms with Crippen LogP contribution in [0, 0.1) is 0 Å². The van der Waals surface area contributed by atoms with E-state index in [4.69, 9.17) is 0 Å². The van der Waals surface area contributed by atoms with Gasteiger partial charge in [-0.3, -0.25) is 4.79 Å². The van der Waals surface area contributed by atoms with Crippen molar-refractivity contribution >= 4 is 33.2 Å². The lowest BCUT2D eigenvalue weighted by Gasteiger charge is -1.84. The summed E-state index contributed by atoms with van der Waals surface area (Å²) in [6, 6.07) is 0. The molecule has 0 aliphatic rings. The first kappa shape index (κ1) is 6.89. The number of halogens is 1. The topological polar surface area (TPSA) is 30.0 Å². The SMILES string of the molecule is O=C(CBr)c1cnsc1. The largest absolute Gasteiger partial charge is 0.293 e. The van der Waals surface area contributed by atoms with E-state index in [1.165, 1.54) is 11.5 Å². The van der Waals surface area contributed by atoms with Gasteiger partial charge in [-0.25, -0.2) is 4.37 Å². The number of hydrogen-bond acceptors (Lipinski definition) is 3. The van der Waals surface area contributed by atoms with E-state index in [1.807, 2.05) is 0 Å². The maximum Gasteiger partial charge on any atom is 0.175 e. The van der Waals surface area contributed by atoms with E-state index in [1.54, 1.807) is 11.6 Å². The summed E-state index contributed by atoms with van der Waals surface area (Å²) in [7, 11) is 0. The van der Waals surface area contributed by atoms with Gasteiger partial charge in [-0.1, -0.05) is 15.9 Å². The molecule has 1 aromatic rings. The van der Waals surface area contributed by atoms with Gasteiger partial charge in [0.1, 0.15) is 0 Å².